The van der Waals surface area contributed by atoms with Crippen LogP contribution in [-0.4, -0.2) is 72.4 Å². The highest BCUT2D eigenvalue weighted by Gasteiger charge is 2.23. The van der Waals surface area contributed by atoms with Crippen LogP contribution < -0.4 is 10.6 Å². The van der Waals surface area contributed by atoms with Crippen LogP contribution in [0.3, 0.4) is 0 Å². The van der Waals surface area contributed by atoms with E-state index in [9.17, 15) is 9.59 Å². The summed E-state index contributed by atoms with van der Waals surface area (Å²) in [5, 5.41) is 0. The largest absolute Gasteiger partial charge is 0.365 e. The summed E-state index contributed by atoms with van der Waals surface area (Å²) in [6.07, 6.45) is 1.66. The van der Waals surface area contributed by atoms with Crippen molar-refractivity contribution in [2.45, 2.75) is 13.8 Å². The van der Waals surface area contributed by atoms with Gasteiger partial charge in [-0.1, -0.05) is 0 Å². The highest BCUT2D eigenvalue weighted by molar-refractivity contribution is 5.97. The number of hydrogen-bond donors (Lipinski definition) is 1. The van der Waals surface area contributed by atoms with Crippen LogP contribution in [0.15, 0.2) is 18.3 Å². The van der Waals surface area contributed by atoms with Gasteiger partial charge in [-0.3, -0.25) is 14.5 Å². The molecule has 0 radical (unpaired) electrons. The zero-order valence-electron chi connectivity index (χ0n) is 13.9. The number of likely N-dealkylation sites (N-methyl/N-ethyl adjacent to an activating group) is 1. The number of aromatic nitrogens is 1. The van der Waals surface area contributed by atoms with Crippen LogP contribution in [0, 0.1) is 0 Å². The van der Waals surface area contributed by atoms with Crippen molar-refractivity contribution in [3.05, 3.63) is 23.9 Å². The molecule has 0 aliphatic carbocycles. The highest BCUT2D eigenvalue weighted by atomic mass is 16.2. The first-order chi connectivity index (χ1) is 11.1. The highest BCUT2D eigenvalue weighted by Crippen LogP contribution is 2.18. The summed E-state index contributed by atoms with van der Waals surface area (Å²) in [6.45, 7) is 8.89. The molecule has 1 aliphatic heterocycles. The van der Waals surface area contributed by atoms with Crippen LogP contribution in [0.4, 0.5) is 5.82 Å². The minimum absolute atomic E-state index is 0.166. The summed E-state index contributed by atoms with van der Waals surface area (Å²) in [5.74, 6) is 0.334. The molecule has 2 rings (SSSR count). The van der Waals surface area contributed by atoms with E-state index in [0.717, 1.165) is 39.3 Å². The second-order valence-corrected chi connectivity index (χ2v) is 5.57. The molecule has 2 N–H and O–H groups in total. The number of anilines is 1. The molecule has 1 aromatic heterocycles. The van der Waals surface area contributed by atoms with Crippen molar-refractivity contribution in [3.8, 4) is 0 Å². The lowest BCUT2D eigenvalue weighted by Gasteiger charge is -2.36. The fraction of sp³-hybridized carbons (Fsp3) is 0.562. The van der Waals surface area contributed by atoms with E-state index in [1.807, 2.05) is 18.7 Å². The standard InChI is InChI=1S/C16H25N5O2/c1-3-20(4-2)14(22)12-19-8-10-21(11-9-19)16-13(15(17)23)6-5-7-18-16/h5-7H,3-4,8-12H2,1-2H3,(H2,17,23). The predicted molar refractivity (Wildman–Crippen MR) is 89.3 cm³/mol. The van der Waals surface area contributed by atoms with E-state index in [2.05, 4.69) is 14.8 Å². The van der Waals surface area contributed by atoms with E-state index in [0.29, 0.717) is 17.9 Å². The van der Waals surface area contributed by atoms with Crippen LogP contribution in [0.25, 0.3) is 0 Å². The third kappa shape index (κ3) is 4.19. The van der Waals surface area contributed by atoms with Gasteiger partial charge in [-0.2, -0.15) is 0 Å². The number of hydrogen-bond acceptors (Lipinski definition) is 5. The van der Waals surface area contributed by atoms with Crippen molar-refractivity contribution < 1.29 is 9.59 Å². The van der Waals surface area contributed by atoms with Crippen LogP contribution in [0.1, 0.15) is 24.2 Å². The first-order valence-electron chi connectivity index (χ1n) is 8.06. The Morgan fingerprint density at radius 1 is 1.22 bits per heavy atom. The molecule has 1 aromatic rings. The first-order valence-corrected chi connectivity index (χ1v) is 8.06. The monoisotopic (exact) mass is 319 g/mol. The molecule has 0 atom stereocenters. The molecule has 1 aliphatic rings. The van der Waals surface area contributed by atoms with E-state index in [-0.39, 0.29) is 5.91 Å². The van der Waals surface area contributed by atoms with Gasteiger partial charge in [0.1, 0.15) is 5.82 Å². The number of nitrogens with zero attached hydrogens (tertiary/aromatic N) is 4. The lowest BCUT2D eigenvalue weighted by atomic mass is 10.2. The number of piperazine rings is 1. The number of pyridine rings is 1. The minimum atomic E-state index is -0.466. The lowest BCUT2D eigenvalue weighted by Crippen LogP contribution is -2.50. The molecule has 0 bridgehead atoms. The Labute approximate surface area is 137 Å². The average molecular weight is 319 g/mol. The maximum Gasteiger partial charge on any atom is 0.252 e. The van der Waals surface area contributed by atoms with Crippen LogP contribution in [0.2, 0.25) is 0 Å². The van der Waals surface area contributed by atoms with Gasteiger partial charge in [0.05, 0.1) is 12.1 Å². The minimum Gasteiger partial charge on any atom is -0.365 e. The Balaban J connectivity index is 1.94. The van der Waals surface area contributed by atoms with Crippen LogP contribution in [-0.2, 0) is 4.79 Å². The number of amides is 2. The Morgan fingerprint density at radius 2 is 1.87 bits per heavy atom. The fourth-order valence-electron chi connectivity index (χ4n) is 2.83. The molecule has 23 heavy (non-hydrogen) atoms. The SMILES string of the molecule is CCN(CC)C(=O)CN1CCN(c2ncccc2C(N)=O)CC1. The molecule has 0 unspecified atom stereocenters. The Kier molecular flexibility index (Phi) is 5.92. The van der Waals surface area contributed by atoms with Gasteiger partial charge in [0.15, 0.2) is 0 Å². The van der Waals surface area contributed by atoms with E-state index in [1.54, 1.807) is 18.3 Å². The predicted octanol–water partition coefficient (Wildman–Crippen LogP) is 0.171. The van der Waals surface area contributed by atoms with Crippen molar-refractivity contribution in [1.29, 1.82) is 0 Å². The van der Waals surface area contributed by atoms with Crippen molar-refractivity contribution in [1.82, 2.24) is 14.8 Å². The van der Waals surface area contributed by atoms with Gasteiger partial charge < -0.3 is 15.5 Å². The number of nitrogens with two attached hydrogens (primary N) is 1. The normalized spacial score (nSPS) is 15.5. The van der Waals surface area contributed by atoms with Gasteiger partial charge in [-0.15, -0.1) is 0 Å². The van der Waals surface area contributed by atoms with E-state index >= 15 is 0 Å². The molecular formula is C16H25N5O2. The molecule has 0 aromatic carbocycles. The zero-order chi connectivity index (χ0) is 16.8. The second kappa shape index (κ2) is 7.92. The number of carbonyl (C=O) groups is 2. The van der Waals surface area contributed by atoms with Gasteiger partial charge in [0.25, 0.3) is 5.91 Å². The van der Waals surface area contributed by atoms with E-state index in [4.69, 9.17) is 5.73 Å². The molecule has 126 valence electrons. The molecule has 2 heterocycles. The van der Waals surface area contributed by atoms with Crippen LogP contribution >= 0.6 is 0 Å². The third-order valence-electron chi connectivity index (χ3n) is 4.20. The molecule has 1 saturated heterocycles. The number of rotatable bonds is 6. The Bertz CT molecular complexity index is 551. The van der Waals surface area contributed by atoms with E-state index in [1.165, 1.54) is 0 Å². The van der Waals surface area contributed by atoms with Crippen molar-refractivity contribution in [3.63, 3.8) is 0 Å². The summed E-state index contributed by atoms with van der Waals surface area (Å²) in [5.41, 5.74) is 5.86. The molecule has 7 nitrogen and oxygen atoms in total. The zero-order valence-corrected chi connectivity index (χ0v) is 13.9. The first kappa shape index (κ1) is 17.2. The molecule has 2 amide bonds. The lowest BCUT2D eigenvalue weighted by molar-refractivity contribution is -0.132. The van der Waals surface area contributed by atoms with Crippen molar-refractivity contribution in [2.24, 2.45) is 5.73 Å². The average Bonchev–Trinajstić information content (AvgIpc) is 2.56. The Hall–Kier alpha value is -2.15. The third-order valence-corrected chi connectivity index (χ3v) is 4.20. The van der Waals surface area contributed by atoms with Crippen LogP contribution in [0.5, 0.6) is 0 Å². The summed E-state index contributed by atoms with van der Waals surface area (Å²) in [6, 6.07) is 3.41. The van der Waals surface area contributed by atoms with Gasteiger partial charge in [-0.25, -0.2) is 4.98 Å². The summed E-state index contributed by atoms with van der Waals surface area (Å²) in [7, 11) is 0. The van der Waals surface area contributed by atoms with Gasteiger partial charge >= 0.3 is 0 Å². The summed E-state index contributed by atoms with van der Waals surface area (Å²) >= 11 is 0. The smallest absolute Gasteiger partial charge is 0.252 e. The summed E-state index contributed by atoms with van der Waals surface area (Å²) in [4.78, 5) is 34.0. The van der Waals surface area contributed by atoms with Crippen molar-refractivity contribution in [2.75, 3.05) is 50.7 Å². The summed E-state index contributed by atoms with van der Waals surface area (Å²) < 4.78 is 0. The van der Waals surface area contributed by atoms with E-state index < -0.39 is 5.91 Å². The Morgan fingerprint density at radius 3 is 2.43 bits per heavy atom. The van der Waals surface area contributed by atoms with Gasteiger partial charge in [0.2, 0.25) is 5.91 Å². The molecule has 0 spiro atoms. The molecular weight excluding hydrogens is 294 g/mol. The topological polar surface area (TPSA) is 82.8 Å². The molecule has 0 saturated carbocycles. The molecule has 7 heteroatoms. The second-order valence-electron chi connectivity index (χ2n) is 5.57. The maximum absolute atomic E-state index is 12.2. The van der Waals surface area contributed by atoms with Crippen molar-refractivity contribution >= 4 is 17.6 Å². The molecule has 1 fully saturated rings. The quantitative estimate of drug-likeness (QED) is 0.808. The number of carbonyl (C=O) groups excluding carboxylic acids is 2. The fourth-order valence-corrected chi connectivity index (χ4v) is 2.83. The number of primary amides is 1. The van der Waals surface area contributed by atoms with Gasteiger partial charge in [-0.05, 0) is 26.0 Å². The maximum atomic E-state index is 12.2. The van der Waals surface area contributed by atoms with Gasteiger partial charge in [0, 0.05) is 45.5 Å².